The van der Waals surface area contributed by atoms with Crippen LogP contribution in [0.3, 0.4) is 0 Å². The number of carbonyl (C=O) groups excluding carboxylic acids is 2. The molecule has 1 aromatic carbocycles. The first-order chi connectivity index (χ1) is 11.4. The van der Waals surface area contributed by atoms with Crippen molar-refractivity contribution in [2.75, 3.05) is 20.1 Å². The second-order valence-corrected chi connectivity index (χ2v) is 7.18. The molecule has 2 atom stereocenters. The molecule has 0 bridgehead atoms. The lowest BCUT2D eigenvalue weighted by atomic mass is 10.1. The van der Waals surface area contributed by atoms with Crippen LogP contribution < -0.4 is 5.32 Å². The van der Waals surface area contributed by atoms with Crippen LogP contribution in [0.5, 0.6) is 0 Å². The maximum atomic E-state index is 12.2. The summed E-state index contributed by atoms with van der Waals surface area (Å²) in [5, 5.41) is 4.10. The molecule has 1 aliphatic carbocycles. The van der Waals surface area contributed by atoms with E-state index in [2.05, 4.69) is 12.2 Å². The van der Waals surface area contributed by atoms with Gasteiger partial charge in [0.15, 0.2) is 0 Å². The van der Waals surface area contributed by atoms with Crippen LogP contribution in [0.25, 0.3) is 0 Å². The lowest BCUT2D eigenvalue weighted by Crippen LogP contribution is -2.32. The van der Waals surface area contributed by atoms with Gasteiger partial charge in [-0.15, -0.1) is 0 Å². The maximum absolute atomic E-state index is 12.2. The summed E-state index contributed by atoms with van der Waals surface area (Å²) in [5.74, 6) is -0.278. The van der Waals surface area contributed by atoms with Crippen LogP contribution in [-0.2, 0) is 16.0 Å². The van der Waals surface area contributed by atoms with E-state index in [0.29, 0.717) is 29.4 Å². The quantitative estimate of drug-likeness (QED) is 0.760. The highest BCUT2D eigenvalue weighted by atomic mass is 35.5. The summed E-state index contributed by atoms with van der Waals surface area (Å²) in [6.45, 7) is 3.36. The van der Waals surface area contributed by atoms with E-state index >= 15 is 0 Å². The summed E-state index contributed by atoms with van der Waals surface area (Å²) in [6, 6.07) is 5.34. The number of amides is 2. The molecule has 0 aromatic heterocycles. The Hall–Kier alpha value is -1.26. The number of unbranched alkanes of at least 4 members (excludes halogenated alkanes) is 1. The minimum absolute atomic E-state index is 0.0395. The van der Waals surface area contributed by atoms with Crippen molar-refractivity contribution in [1.29, 1.82) is 0 Å². The van der Waals surface area contributed by atoms with Crippen molar-refractivity contribution in [3.8, 4) is 0 Å². The van der Waals surface area contributed by atoms with E-state index in [1.165, 1.54) is 0 Å². The van der Waals surface area contributed by atoms with Crippen LogP contribution in [0.4, 0.5) is 0 Å². The molecular formula is C18H24Cl2N2O2. The number of rotatable bonds is 8. The first-order valence-corrected chi connectivity index (χ1v) is 9.16. The first-order valence-electron chi connectivity index (χ1n) is 8.40. The van der Waals surface area contributed by atoms with Crippen LogP contribution in [0.2, 0.25) is 10.0 Å². The zero-order chi connectivity index (χ0) is 17.7. The molecule has 0 saturated heterocycles. The number of hydrogen-bond acceptors (Lipinski definition) is 2. The topological polar surface area (TPSA) is 49.4 Å². The molecule has 1 N–H and O–H groups in total. The van der Waals surface area contributed by atoms with Crippen LogP contribution in [-0.4, -0.2) is 36.9 Å². The molecular weight excluding hydrogens is 347 g/mol. The lowest BCUT2D eigenvalue weighted by Gasteiger charge is -2.16. The molecule has 1 aromatic rings. The Morgan fingerprint density at radius 2 is 2.04 bits per heavy atom. The molecule has 6 heteroatoms. The van der Waals surface area contributed by atoms with E-state index in [4.69, 9.17) is 23.2 Å². The van der Waals surface area contributed by atoms with Gasteiger partial charge in [-0.1, -0.05) is 42.6 Å². The zero-order valence-electron chi connectivity index (χ0n) is 14.1. The number of hydrogen-bond donors (Lipinski definition) is 1. The fraction of sp³-hybridized carbons (Fsp3) is 0.556. The van der Waals surface area contributed by atoms with Crippen molar-refractivity contribution in [2.24, 2.45) is 11.8 Å². The molecule has 2 rings (SSSR count). The standard InChI is InChI=1S/C18H24Cl2N2O2/c1-3-4-9-22(2)18(24)15-11-14(15)17(23)21-8-7-12-5-6-13(19)10-16(12)20/h5-6,10,14-15H,3-4,7-9,11H2,1-2H3,(H,21,23). The van der Waals surface area contributed by atoms with Gasteiger partial charge in [-0.3, -0.25) is 9.59 Å². The van der Waals surface area contributed by atoms with E-state index in [-0.39, 0.29) is 23.7 Å². The number of halogens is 2. The average Bonchev–Trinajstić information content (AvgIpc) is 3.34. The molecule has 4 nitrogen and oxygen atoms in total. The number of carbonyl (C=O) groups is 2. The predicted octanol–water partition coefficient (Wildman–Crippen LogP) is 3.55. The lowest BCUT2D eigenvalue weighted by molar-refractivity contribution is -0.133. The Balaban J connectivity index is 1.73. The Morgan fingerprint density at radius 1 is 1.29 bits per heavy atom. The van der Waals surface area contributed by atoms with Crippen molar-refractivity contribution in [2.45, 2.75) is 32.6 Å². The van der Waals surface area contributed by atoms with E-state index in [9.17, 15) is 9.59 Å². The molecule has 2 unspecified atom stereocenters. The SMILES string of the molecule is CCCCN(C)C(=O)C1CC1C(=O)NCCc1ccc(Cl)cc1Cl. The largest absolute Gasteiger partial charge is 0.356 e. The van der Waals surface area contributed by atoms with Gasteiger partial charge in [0.25, 0.3) is 0 Å². The molecule has 2 amide bonds. The molecule has 1 saturated carbocycles. The summed E-state index contributed by atoms with van der Waals surface area (Å²) >= 11 is 12.0. The predicted molar refractivity (Wildman–Crippen MR) is 97.3 cm³/mol. The Bertz CT molecular complexity index is 607. The van der Waals surface area contributed by atoms with Crippen molar-refractivity contribution in [3.05, 3.63) is 33.8 Å². The van der Waals surface area contributed by atoms with Crippen LogP contribution in [0, 0.1) is 11.8 Å². The Kier molecular flexibility index (Phi) is 6.93. The van der Waals surface area contributed by atoms with Gasteiger partial charge >= 0.3 is 0 Å². The highest BCUT2D eigenvalue weighted by molar-refractivity contribution is 6.35. The number of benzene rings is 1. The molecule has 1 aliphatic rings. The van der Waals surface area contributed by atoms with Crippen LogP contribution in [0.1, 0.15) is 31.7 Å². The normalized spacial score (nSPS) is 19.0. The zero-order valence-corrected chi connectivity index (χ0v) is 15.7. The van der Waals surface area contributed by atoms with E-state index in [1.807, 2.05) is 13.1 Å². The third-order valence-electron chi connectivity index (χ3n) is 4.38. The molecule has 132 valence electrons. The monoisotopic (exact) mass is 370 g/mol. The fourth-order valence-electron chi connectivity index (χ4n) is 2.72. The number of nitrogens with one attached hydrogen (secondary N) is 1. The van der Waals surface area contributed by atoms with Gasteiger partial charge in [0.05, 0.1) is 11.8 Å². The van der Waals surface area contributed by atoms with Gasteiger partial charge in [0.2, 0.25) is 11.8 Å². The van der Waals surface area contributed by atoms with Gasteiger partial charge in [-0.2, -0.15) is 0 Å². The van der Waals surface area contributed by atoms with E-state index in [0.717, 1.165) is 24.9 Å². The minimum Gasteiger partial charge on any atom is -0.356 e. The maximum Gasteiger partial charge on any atom is 0.226 e. The van der Waals surface area contributed by atoms with Crippen molar-refractivity contribution in [1.82, 2.24) is 10.2 Å². The molecule has 0 aliphatic heterocycles. The van der Waals surface area contributed by atoms with Crippen molar-refractivity contribution >= 4 is 35.0 Å². The van der Waals surface area contributed by atoms with Crippen molar-refractivity contribution in [3.63, 3.8) is 0 Å². The van der Waals surface area contributed by atoms with Gasteiger partial charge in [0, 0.05) is 30.2 Å². The second-order valence-electron chi connectivity index (χ2n) is 6.34. The summed E-state index contributed by atoms with van der Waals surface area (Å²) in [7, 11) is 1.81. The molecule has 0 radical (unpaired) electrons. The van der Waals surface area contributed by atoms with E-state index in [1.54, 1.807) is 17.0 Å². The molecule has 0 spiro atoms. The van der Waals surface area contributed by atoms with Gasteiger partial charge in [-0.05, 0) is 37.0 Å². The summed E-state index contributed by atoms with van der Waals surface area (Å²) in [4.78, 5) is 26.1. The smallest absolute Gasteiger partial charge is 0.226 e. The molecule has 0 heterocycles. The Labute approximate surface area is 153 Å². The van der Waals surface area contributed by atoms with Crippen molar-refractivity contribution < 1.29 is 9.59 Å². The average molecular weight is 371 g/mol. The summed E-state index contributed by atoms with van der Waals surface area (Å²) in [5.41, 5.74) is 0.948. The highest BCUT2D eigenvalue weighted by Gasteiger charge is 2.48. The summed E-state index contributed by atoms with van der Waals surface area (Å²) < 4.78 is 0. The Morgan fingerprint density at radius 3 is 2.71 bits per heavy atom. The van der Waals surface area contributed by atoms with Gasteiger partial charge in [-0.25, -0.2) is 0 Å². The first kappa shape index (κ1) is 19.1. The molecule has 24 heavy (non-hydrogen) atoms. The fourth-order valence-corrected chi connectivity index (χ4v) is 3.23. The molecule has 1 fully saturated rings. The van der Waals surface area contributed by atoms with Crippen LogP contribution >= 0.6 is 23.2 Å². The third kappa shape index (κ3) is 5.12. The number of nitrogens with zero attached hydrogens (tertiary/aromatic N) is 1. The minimum atomic E-state index is -0.178. The van der Waals surface area contributed by atoms with Gasteiger partial charge < -0.3 is 10.2 Å². The summed E-state index contributed by atoms with van der Waals surface area (Å²) in [6.07, 6.45) is 3.35. The third-order valence-corrected chi connectivity index (χ3v) is 4.96. The van der Waals surface area contributed by atoms with Crippen LogP contribution in [0.15, 0.2) is 18.2 Å². The van der Waals surface area contributed by atoms with Gasteiger partial charge in [0.1, 0.15) is 0 Å². The second kappa shape index (κ2) is 8.72. The highest BCUT2D eigenvalue weighted by Crippen LogP contribution is 2.40. The van der Waals surface area contributed by atoms with E-state index < -0.39 is 0 Å².